The molecular weight excluding hydrogens is 412 g/mol. The molecule has 0 fully saturated rings. The Morgan fingerprint density at radius 2 is 1.94 bits per heavy atom. The average molecular weight is 441 g/mol. The van der Waals surface area contributed by atoms with Crippen molar-refractivity contribution in [1.82, 2.24) is 13.9 Å². The Hall–Kier alpha value is -2.71. The fourth-order valence-corrected chi connectivity index (χ4v) is 5.14. The second-order valence-electron chi connectivity index (χ2n) is 7.99. The average Bonchev–Trinajstić information content (AvgIpc) is 3.13. The van der Waals surface area contributed by atoms with E-state index in [-0.39, 0.29) is 10.8 Å². The first-order chi connectivity index (χ1) is 14.8. The number of imidazole rings is 1. The number of rotatable bonds is 6. The lowest BCUT2D eigenvalue weighted by Gasteiger charge is -2.29. The zero-order valence-electron chi connectivity index (χ0n) is 18.2. The number of anilines is 1. The van der Waals surface area contributed by atoms with Gasteiger partial charge >= 0.3 is 0 Å². The molecule has 31 heavy (non-hydrogen) atoms. The number of amides is 1. The van der Waals surface area contributed by atoms with Crippen LogP contribution < -0.4 is 4.90 Å². The van der Waals surface area contributed by atoms with Crippen molar-refractivity contribution >= 4 is 32.7 Å². The predicted molar refractivity (Wildman–Crippen MR) is 122 cm³/mol. The number of benzene rings is 2. The number of hydrogen-bond acceptors (Lipinski definition) is 4. The summed E-state index contributed by atoms with van der Waals surface area (Å²) in [5, 5.41) is 0. The minimum absolute atomic E-state index is 0.0951. The molecule has 0 atom stereocenters. The molecule has 164 valence electrons. The third-order valence-electron chi connectivity index (χ3n) is 5.87. The number of aryl methyl sites for hydroxylation is 3. The Labute approximate surface area is 183 Å². The van der Waals surface area contributed by atoms with Crippen LogP contribution in [0.25, 0.3) is 11.0 Å². The first-order valence-corrected chi connectivity index (χ1v) is 12.1. The standard InChI is InChI=1S/C23H28N4O3S/c1-4-26-21-12-11-18(31(29,30)25(2)3)16-19(21)24-22(26)13-14-23(28)27-15-7-9-17-8-5-6-10-20(17)27/h5-6,8,10-12,16H,4,7,9,13-15H2,1-3H3. The van der Waals surface area contributed by atoms with Crippen LogP contribution in [0.3, 0.4) is 0 Å². The lowest BCUT2D eigenvalue weighted by atomic mass is 10.0. The van der Waals surface area contributed by atoms with Crippen molar-refractivity contribution in [2.75, 3.05) is 25.5 Å². The molecule has 1 amide bonds. The molecule has 4 rings (SSSR count). The molecule has 0 saturated carbocycles. The van der Waals surface area contributed by atoms with Crippen LogP contribution in [0.2, 0.25) is 0 Å². The molecule has 3 aromatic rings. The molecule has 0 N–H and O–H groups in total. The first-order valence-electron chi connectivity index (χ1n) is 10.6. The molecule has 7 nitrogen and oxygen atoms in total. The minimum Gasteiger partial charge on any atom is -0.328 e. The summed E-state index contributed by atoms with van der Waals surface area (Å²) in [6.45, 7) is 3.47. The Kier molecular flexibility index (Phi) is 5.85. The summed E-state index contributed by atoms with van der Waals surface area (Å²) in [6.07, 6.45) is 2.85. The monoisotopic (exact) mass is 440 g/mol. The van der Waals surface area contributed by atoms with Gasteiger partial charge in [0, 0.05) is 45.7 Å². The van der Waals surface area contributed by atoms with E-state index < -0.39 is 10.0 Å². The van der Waals surface area contributed by atoms with Crippen molar-refractivity contribution in [2.45, 2.75) is 44.0 Å². The molecular formula is C23H28N4O3S. The van der Waals surface area contributed by atoms with Crippen LogP contribution in [0.4, 0.5) is 5.69 Å². The molecule has 0 saturated heterocycles. The number of fused-ring (bicyclic) bond motifs is 2. The summed E-state index contributed by atoms with van der Waals surface area (Å²) in [5.74, 6) is 0.897. The van der Waals surface area contributed by atoms with Crippen LogP contribution in [0.5, 0.6) is 0 Å². The third kappa shape index (κ3) is 3.97. The van der Waals surface area contributed by atoms with Gasteiger partial charge < -0.3 is 9.47 Å². The lowest BCUT2D eigenvalue weighted by molar-refractivity contribution is -0.118. The Morgan fingerprint density at radius 3 is 2.68 bits per heavy atom. The highest BCUT2D eigenvalue weighted by atomic mass is 32.2. The summed E-state index contributed by atoms with van der Waals surface area (Å²) in [4.78, 5) is 19.8. The van der Waals surface area contributed by atoms with Gasteiger partial charge in [0.2, 0.25) is 15.9 Å². The van der Waals surface area contributed by atoms with Gasteiger partial charge in [-0.1, -0.05) is 18.2 Å². The number of hydrogen-bond donors (Lipinski definition) is 0. The summed E-state index contributed by atoms with van der Waals surface area (Å²) < 4.78 is 28.2. The van der Waals surface area contributed by atoms with Crippen LogP contribution >= 0.6 is 0 Å². The molecule has 0 bridgehead atoms. The Morgan fingerprint density at radius 1 is 1.16 bits per heavy atom. The van der Waals surface area contributed by atoms with E-state index in [1.807, 2.05) is 30.0 Å². The number of carbonyl (C=O) groups excluding carboxylic acids is 1. The van der Waals surface area contributed by atoms with Gasteiger partial charge in [-0.25, -0.2) is 17.7 Å². The number of nitrogens with zero attached hydrogens (tertiary/aromatic N) is 4. The van der Waals surface area contributed by atoms with Gasteiger partial charge in [-0.2, -0.15) is 0 Å². The maximum Gasteiger partial charge on any atom is 0.242 e. The normalized spacial score (nSPS) is 14.3. The SMILES string of the molecule is CCn1c(CCC(=O)N2CCCc3ccccc32)nc2cc(S(=O)(=O)N(C)C)ccc21. The Balaban J connectivity index is 1.58. The number of para-hydroxylation sites is 1. The van der Waals surface area contributed by atoms with Crippen molar-refractivity contribution in [3.05, 3.63) is 53.9 Å². The van der Waals surface area contributed by atoms with Gasteiger partial charge in [-0.3, -0.25) is 4.79 Å². The molecule has 1 aliphatic heterocycles. The summed E-state index contributed by atoms with van der Waals surface area (Å²) in [7, 11) is -0.496. The van der Waals surface area contributed by atoms with Crippen molar-refractivity contribution in [2.24, 2.45) is 0 Å². The van der Waals surface area contributed by atoms with Crippen LogP contribution in [0, 0.1) is 0 Å². The molecule has 2 heterocycles. The second-order valence-corrected chi connectivity index (χ2v) is 10.1. The largest absolute Gasteiger partial charge is 0.328 e. The van der Waals surface area contributed by atoms with Gasteiger partial charge in [0.15, 0.2) is 0 Å². The van der Waals surface area contributed by atoms with Gasteiger partial charge in [0.05, 0.1) is 15.9 Å². The molecule has 8 heteroatoms. The first kappa shape index (κ1) is 21.5. The van der Waals surface area contributed by atoms with E-state index in [0.717, 1.165) is 36.4 Å². The maximum absolute atomic E-state index is 13.0. The minimum atomic E-state index is -3.52. The summed E-state index contributed by atoms with van der Waals surface area (Å²) in [5.41, 5.74) is 3.75. The quantitative estimate of drug-likeness (QED) is 0.590. The van der Waals surface area contributed by atoms with Crippen molar-refractivity contribution in [1.29, 1.82) is 0 Å². The predicted octanol–water partition coefficient (Wildman–Crippen LogP) is 3.22. The third-order valence-corrected chi connectivity index (χ3v) is 7.68. The molecule has 1 aliphatic rings. The van der Waals surface area contributed by atoms with Gasteiger partial charge in [0.25, 0.3) is 0 Å². The van der Waals surface area contributed by atoms with Crippen molar-refractivity contribution in [3.8, 4) is 0 Å². The molecule has 1 aromatic heterocycles. The number of carbonyl (C=O) groups is 1. The van der Waals surface area contributed by atoms with Crippen LogP contribution in [0.15, 0.2) is 47.4 Å². The van der Waals surface area contributed by atoms with Crippen molar-refractivity contribution in [3.63, 3.8) is 0 Å². The zero-order valence-corrected chi connectivity index (χ0v) is 19.0. The van der Waals surface area contributed by atoms with Crippen LogP contribution in [0.1, 0.15) is 31.2 Å². The van der Waals surface area contributed by atoms with E-state index in [4.69, 9.17) is 0 Å². The fourth-order valence-electron chi connectivity index (χ4n) is 4.22. The van der Waals surface area contributed by atoms with Gasteiger partial charge in [-0.15, -0.1) is 0 Å². The van der Waals surface area contributed by atoms with Crippen LogP contribution in [-0.4, -0.2) is 48.8 Å². The topological polar surface area (TPSA) is 75.5 Å². The van der Waals surface area contributed by atoms with E-state index in [1.165, 1.54) is 24.0 Å². The highest BCUT2D eigenvalue weighted by Gasteiger charge is 2.23. The van der Waals surface area contributed by atoms with Crippen LogP contribution in [-0.2, 0) is 34.2 Å². The summed E-state index contributed by atoms with van der Waals surface area (Å²) in [6, 6.07) is 13.1. The van der Waals surface area contributed by atoms with Gasteiger partial charge in [0.1, 0.15) is 5.82 Å². The highest BCUT2D eigenvalue weighted by Crippen LogP contribution is 2.28. The molecule has 0 spiro atoms. The highest BCUT2D eigenvalue weighted by molar-refractivity contribution is 7.89. The Bertz CT molecular complexity index is 1230. The molecule has 0 unspecified atom stereocenters. The molecule has 2 aromatic carbocycles. The second kappa shape index (κ2) is 8.43. The smallest absolute Gasteiger partial charge is 0.242 e. The number of aromatic nitrogens is 2. The van der Waals surface area contributed by atoms with E-state index in [9.17, 15) is 13.2 Å². The summed E-state index contributed by atoms with van der Waals surface area (Å²) >= 11 is 0. The lowest BCUT2D eigenvalue weighted by Crippen LogP contribution is -2.35. The van der Waals surface area contributed by atoms with E-state index in [0.29, 0.717) is 24.9 Å². The van der Waals surface area contributed by atoms with Crippen molar-refractivity contribution < 1.29 is 13.2 Å². The van der Waals surface area contributed by atoms with E-state index in [1.54, 1.807) is 18.2 Å². The van der Waals surface area contributed by atoms with E-state index in [2.05, 4.69) is 15.6 Å². The maximum atomic E-state index is 13.0. The molecule has 0 aliphatic carbocycles. The van der Waals surface area contributed by atoms with E-state index >= 15 is 0 Å². The fraction of sp³-hybridized carbons (Fsp3) is 0.391. The number of sulfonamides is 1. The van der Waals surface area contributed by atoms with Gasteiger partial charge in [-0.05, 0) is 49.6 Å². The molecule has 0 radical (unpaired) electrons. The zero-order chi connectivity index (χ0) is 22.2.